The molecule has 0 saturated heterocycles. The molecule has 0 bridgehead atoms. The quantitative estimate of drug-likeness (QED) is 0.208. The molecule has 0 aliphatic heterocycles. The Hall–Kier alpha value is -5.58. The molecule has 206 valence electrons. The Bertz CT molecular complexity index is 2730. The van der Waals surface area contributed by atoms with Gasteiger partial charge in [-0.1, -0.05) is 72.8 Å². The van der Waals surface area contributed by atoms with E-state index in [1.54, 1.807) is 0 Å². The lowest BCUT2D eigenvalue weighted by atomic mass is 10.0. The second kappa shape index (κ2) is 8.96. The maximum Gasteiger partial charge on any atom is 0.144 e. The third-order valence-corrected chi connectivity index (χ3v) is 9.96. The molecule has 4 heteroatoms. The van der Waals surface area contributed by atoms with Crippen molar-refractivity contribution in [1.29, 1.82) is 0 Å². The summed E-state index contributed by atoms with van der Waals surface area (Å²) >= 11 is 1.81. The summed E-state index contributed by atoms with van der Waals surface area (Å²) in [6.45, 7) is 0. The molecule has 3 nitrogen and oxygen atoms in total. The van der Waals surface area contributed by atoms with Gasteiger partial charge in [0.25, 0.3) is 0 Å². The second-order valence-electron chi connectivity index (χ2n) is 11.3. The summed E-state index contributed by atoms with van der Waals surface area (Å²) in [6, 6.07) is 49.3. The Labute approximate surface area is 255 Å². The predicted molar refractivity (Wildman–Crippen MR) is 186 cm³/mol. The molecule has 0 aliphatic carbocycles. The van der Waals surface area contributed by atoms with Gasteiger partial charge < -0.3 is 13.7 Å². The van der Waals surface area contributed by atoms with Crippen LogP contribution in [0.25, 0.3) is 74.8 Å². The number of hydrogen-bond donors (Lipinski definition) is 0. The highest BCUT2D eigenvalue weighted by Crippen LogP contribution is 2.49. The monoisotopic (exact) mass is 581 g/mol. The van der Waals surface area contributed by atoms with E-state index in [0.717, 1.165) is 71.7 Å². The number of furan rings is 2. The molecule has 0 fully saturated rings. The van der Waals surface area contributed by atoms with E-state index in [-0.39, 0.29) is 0 Å². The van der Waals surface area contributed by atoms with Crippen molar-refractivity contribution in [2.75, 3.05) is 4.90 Å². The number of nitrogens with zero attached hydrogens (tertiary/aromatic N) is 1. The van der Waals surface area contributed by atoms with E-state index >= 15 is 0 Å². The van der Waals surface area contributed by atoms with Crippen molar-refractivity contribution < 1.29 is 8.83 Å². The Morgan fingerprint density at radius 1 is 0.432 bits per heavy atom. The van der Waals surface area contributed by atoms with Crippen LogP contribution in [-0.2, 0) is 0 Å². The van der Waals surface area contributed by atoms with E-state index in [1.807, 2.05) is 23.5 Å². The van der Waals surface area contributed by atoms with Crippen molar-refractivity contribution in [2.45, 2.75) is 0 Å². The second-order valence-corrected chi connectivity index (χ2v) is 12.4. The minimum Gasteiger partial charge on any atom is -0.456 e. The normalized spacial score (nSPS) is 12.1. The van der Waals surface area contributed by atoms with Gasteiger partial charge in [-0.05, 0) is 66.0 Å². The molecule has 0 amide bonds. The van der Waals surface area contributed by atoms with E-state index < -0.39 is 0 Å². The first kappa shape index (κ1) is 23.9. The standard InChI is InChI=1S/C40H23NO2S/c1-2-10-25(11-3-1)41(26-18-20-29-28-13-6-7-15-33(28)42-34(29)23-26)32-14-8-16-35-37(32)38-36(44-35)22-21-31-30-19-17-24-9-4-5-12-27(24)39(30)43-40(31)38/h1-23H. The van der Waals surface area contributed by atoms with Crippen LogP contribution in [0, 0.1) is 0 Å². The van der Waals surface area contributed by atoms with Crippen molar-refractivity contribution >= 4 is 103 Å². The molecule has 0 saturated carbocycles. The SMILES string of the molecule is c1ccc(N(c2ccc3c(c2)oc2ccccc23)c2cccc3sc4ccc5c6ccc7ccccc7c6oc5c4c23)cc1. The van der Waals surface area contributed by atoms with Gasteiger partial charge in [-0.15, -0.1) is 11.3 Å². The fourth-order valence-corrected chi connectivity index (χ4v) is 8.02. The molecule has 10 rings (SSSR count). The van der Waals surface area contributed by atoms with Gasteiger partial charge in [0.05, 0.1) is 5.69 Å². The number of hydrogen-bond acceptors (Lipinski definition) is 4. The summed E-state index contributed by atoms with van der Waals surface area (Å²) in [6.07, 6.45) is 0. The maximum atomic E-state index is 6.86. The number of thiophene rings is 1. The topological polar surface area (TPSA) is 29.5 Å². The fraction of sp³-hybridized carbons (Fsp3) is 0. The largest absolute Gasteiger partial charge is 0.456 e. The van der Waals surface area contributed by atoms with Gasteiger partial charge in [0.1, 0.15) is 22.3 Å². The lowest BCUT2D eigenvalue weighted by Crippen LogP contribution is -2.10. The molecule has 0 radical (unpaired) electrons. The van der Waals surface area contributed by atoms with Gasteiger partial charge in [-0.2, -0.15) is 0 Å². The van der Waals surface area contributed by atoms with E-state index in [0.29, 0.717) is 0 Å². The Morgan fingerprint density at radius 2 is 1.16 bits per heavy atom. The molecule has 0 spiro atoms. The van der Waals surface area contributed by atoms with Crippen LogP contribution < -0.4 is 4.90 Å². The summed E-state index contributed by atoms with van der Waals surface area (Å²) in [7, 11) is 0. The predicted octanol–water partition coefficient (Wildman–Crippen LogP) is 12.5. The van der Waals surface area contributed by atoms with Gasteiger partial charge in [0.2, 0.25) is 0 Å². The van der Waals surface area contributed by atoms with E-state index in [1.165, 1.54) is 20.2 Å². The Kier molecular flexibility index (Phi) is 4.87. The molecule has 3 aromatic heterocycles. The fourth-order valence-electron chi connectivity index (χ4n) is 6.89. The smallest absolute Gasteiger partial charge is 0.144 e. The molecule has 7 aromatic carbocycles. The average molecular weight is 582 g/mol. The summed E-state index contributed by atoms with van der Waals surface area (Å²) < 4.78 is 15.6. The number of rotatable bonds is 3. The minimum absolute atomic E-state index is 0.874. The first-order chi connectivity index (χ1) is 21.8. The van der Waals surface area contributed by atoms with Gasteiger partial charge >= 0.3 is 0 Å². The third kappa shape index (κ3) is 3.31. The van der Waals surface area contributed by atoms with Gasteiger partial charge in [0.15, 0.2) is 0 Å². The van der Waals surface area contributed by atoms with E-state index in [9.17, 15) is 0 Å². The van der Waals surface area contributed by atoms with Crippen molar-refractivity contribution in [1.82, 2.24) is 0 Å². The van der Waals surface area contributed by atoms with Crippen LogP contribution in [0.2, 0.25) is 0 Å². The van der Waals surface area contributed by atoms with Gasteiger partial charge in [-0.25, -0.2) is 0 Å². The van der Waals surface area contributed by atoms with Crippen LogP contribution in [0.4, 0.5) is 17.1 Å². The van der Waals surface area contributed by atoms with Crippen molar-refractivity contribution in [3.63, 3.8) is 0 Å². The molecule has 0 aliphatic rings. The van der Waals surface area contributed by atoms with Crippen LogP contribution in [0.3, 0.4) is 0 Å². The first-order valence-electron chi connectivity index (χ1n) is 14.8. The molecule has 10 aromatic rings. The van der Waals surface area contributed by atoms with Crippen molar-refractivity contribution in [3.05, 3.63) is 140 Å². The summed E-state index contributed by atoms with van der Waals surface area (Å²) in [5.41, 5.74) is 6.88. The third-order valence-electron chi connectivity index (χ3n) is 8.84. The number of anilines is 3. The lowest BCUT2D eigenvalue weighted by Gasteiger charge is -2.26. The summed E-state index contributed by atoms with van der Waals surface area (Å²) in [5, 5.41) is 9.20. The zero-order valence-electron chi connectivity index (χ0n) is 23.5. The van der Waals surface area contributed by atoms with Crippen molar-refractivity contribution in [2.24, 2.45) is 0 Å². The zero-order chi connectivity index (χ0) is 28.8. The molecule has 0 unspecified atom stereocenters. The van der Waals surface area contributed by atoms with Crippen LogP contribution in [0.5, 0.6) is 0 Å². The van der Waals surface area contributed by atoms with E-state index in [4.69, 9.17) is 8.83 Å². The van der Waals surface area contributed by atoms with Crippen LogP contribution in [0.1, 0.15) is 0 Å². The zero-order valence-corrected chi connectivity index (χ0v) is 24.3. The Morgan fingerprint density at radius 3 is 2.09 bits per heavy atom. The maximum absolute atomic E-state index is 6.86. The van der Waals surface area contributed by atoms with Crippen LogP contribution in [-0.4, -0.2) is 0 Å². The highest BCUT2D eigenvalue weighted by molar-refractivity contribution is 7.26. The molecular formula is C40H23NO2S. The highest BCUT2D eigenvalue weighted by Gasteiger charge is 2.22. The summed E-state index contributed by atoms with van der Waals surface area (Å²) in [4.78, 5) is 2.35. The van der Waals surface area contributed by atoms with Gasteiger partial charge in [-0.3, -0.25) is 0 Å². The molecule has 44 heavy (non-hydrogen) atoms. The number of para-hydroxylation sites is 2. The molecule has 0 N–H and O–H groups in total. The number of fused-ring (bicyclic) bond motifs is 12. The lowest BCUT2D eigenvalue weighted by molar-refractivity contribution is 0.669. The van der Waals surface area contributed by atoms with Crippen LogP contribution in [0.15, 0.2) is 148 Å². The molecule has 3 heterocycles. The van der Waals surface area contributed by atoms with Crippen molar-refractivity contribution in [3.8, 4) is 0 Å². The number of benzene rings is 7. The molecular weight excluding hydrogens is 559 g/mol. The van der Waals surface area contributed by atoms with Crippen LogP contribution >= 0.6 is 11.3 Å². The molecule has 0 atom stereocenters. The minimum atomic E-state index is 0.874. The summed E-state index contributed by atoms with van der Waals surface area (Å²) in [5.74, 6) is 0. The Balaban J connectivity index is 1.30. The van der Waals surface area contributed by atoms with E-state index in [2.05, 4.69) is 132 Å². The van der Waals surface area contributed by atoms with Gasteiger partial charge in [0, 0.05) is 64.5 Å². The first-order valence-corrected chi connectivity index (χ1v) is 15.6. The highest BCUT2D eigenvalue weighted by atomic mass is 32.1. The average Bonchev–Trinajstić information content (AvgIpc) is 3.76.